The molecule has 0 radical (unpaired) electrons. The largest absolute Gasteiger partial charge is 0.508 e. The van der Waals surface area contributed by atoms with E-state index in [-0.39, 0.29) is 12.4 Å². The molecule has 108 valence electrons. The van der Waals surface area contributed by atoms with Crippen molar-refractivity contribution in [1.82, 2.24) is 10.2 Å². The van der Waals surface area contributed by atoms with Gasteiger partial charge in [0.1, 0.15) is 5.75 Å². The zero-order chi connectivity index (χ0) is 12.8. The SMILES string of the molecule is CNCCC1CCN(Cc2cccc(O)c2)CC1.Cl. The Bertz CT molecular complexity index is 365. The minimum absolute atomic E-state index is 0. The molecular formula is C15H25ClN2O. The molecule has 0 atom stereocenters. The van der Waals surface area contributed by atoms with Crippen LogP contribution in [0, 0.1) is 5.92 Å². The third-order valence-corrected chi connectivity index (χ3v) is 3.83. The Balaban J connectivity index is 0.00000180. The highest BCUT2D eigenvalue weighted by Crippen LogP contribution is 2.22. The van der Waals surface area contributed by atoms with Crippen LogP contribution >= 0.6 is 12.4 Å². The molecule has 1 aliphatic heterocycles. The molecule has 1 fully saturated rings. The minimum atomic E-state index is 0. The predicted molar refractivity (Wildman–Crippen MR) is 81.9 cm³/mol. The van der Waals surface area contributed by atoms with Crippen LogP contribution in [-0.2, 0) is 6.54 Å². The van der Waals surface area contributed by atoms with E-state index in [1.165, 1.54) is 37.9 Å². The van der Waals surface area contributed by atoms with Crippen molar-refractivity contribution in [3.05, 3.63) is 29.8 Å². The van der Waals surface area contributed by atoms with Crippen LogP contribution < -0.4 is 5.32 Å². The lowest BCUT2D eigenvalue weighted by Crippen LogP contribution is -2.34. The lowest BCUT2D eigenvalue weighted by Gasteiger charge is -2.32. The Morgan fingerprint density at radius 2 is 2.05 bits per heavy atom. The monoisotopic (exact) mass is 284 g/mol. The van der Waals surface area contributed by atoms with E-state index < -0.39 is 0 Å². The second-order valence-electron chi connectivity index (χ2n) is 5.28. The summed E-state index contributed by atoms with van der Waals surface area (Å²) >= 11 is 0. The predicted octanol–water partition coefficient (Wildman–Crippen LogP) is 2.64. The van der Waals surface area contributed by atoms with Gasteiger partial charge >= 0.3 is 0 Å². The van der Waals surface area contributed by atoms with Crippen LogP contribution in [0.1, 0.15) is 24.8 Å². The number of aromatic hydroxyl groups is 1. The molecule has 0 saturated carbocycles. The number of benzene rings is 1. The van der Waals surface area contributed by atoms with E-state index >= 15 is 0 Å². The molecular weight excluding hydrogens is 260 g/mol. The van der Waals surface area contributed by atoms with Crippen molar-refractivity contribution in [2.75, 3.05) is 26.7 Å². The van der Waals surface area contributed by atoms with Crippen LogP contribution in [0.25, 0.3) is 0 Å². The maximum atomic E-state index is 9.46. The van der Waals surface area contributed by atoms with E-state index in [1.807, 2.05) is 19.2 Å². The van der Waals surface area contributed by atoms with E-state index in [4.69, 9.17) is 0 Å². The van der Waals surface area contributed by atoms with Gasteiger partial charge in [0, 0.05) is 6.54 Å². The van der Waals surface area contributed by atoms with E-state index in [0.717, 1.165) is 19.0 Å². The molecule has 0 aromatic heterocycles. The van der Waals surface area contributed by atoms with Crippen molar-refractivity contribution >= 4 is 12.4 Å². The zero-order valence-corrected chi connectivity index (χ0v) is 12.5. The first-order chi connectivity index (χ1) is 8.78. The average molecular weight is 285 g/mol. The molecule has 1 aromatic rings. The fraction of sp³-hybridized carbons (Fsp3) is 0.600. The highest BCUT2D eigenvalue weighted by Gasteiger charge is 2.18. The lowest BCUT2D eigenvalue weighted by atomic mass is 9.93. The van der Waals surface area contributed by atoms with Crippen molar-refractivity contribution in [3.63, 3.8) is 0 Å². The van der Waals surface area contributed by atoms with E-state index in [0.29, 0.717) is 5.75 Å². The summed E-state index contributed by atoms with van der Waals surface area (Å²) in [5.41, 5.74) is 1.21. The van der Waals surface area contributed by atoms with Gasteiger partial charge in [-0.25, -0.2) is 0 Å². The van der Waals surface area contributed by atoms with E-state index in [1.54, 1.807) is 6.07 Å². The first-order valence-corrected chi connectivity index (χ1v) is 6.93. The molecule has 0 aliphatic carbocycles. The smallest absolute Gasteiger partial charge is 0.115 e. The van der Waals surface area contributed by atoms with Crippen molar-refractivity contribution in [3.8, 4) is 5.75 Å². The lowest BCUT2D eigenvalue weighted by molar-refractivity contribution is 0.172. The van der Waals surface area contributed by atoms with Crippen LogP contribution in [0.3, 0.4) is 0 Å². The fourth-order valence-corrected chi connectivity index (χ4v) is 2.69. The van der Waals surface area contributed by atoms with Crippen molar-refractivity contribution in [2.24, 2.45) is 5.92 Å². The van der Waals surface area contributed by atoms with E-state index in [2.05, 4.69) is 16.3 Å². The summed E-state index contributed by atoms with van der Waals surface area (Å²) in [7, 11) is 2.02. The molecule has 1 aliphatic rings. The standard InChI is InChI=1S/C15H24N2O.ClH/c1-16-8-5-13-6-9-17(10-7-13)12-14-3-2-4-15(18)11-14;/h2-4,11,13,16,18H,5-10,12H2,1H3;1H. The van der Waals surface area contributed by atoms with Gasteiger partial charge < -0.3 is 10.4 Å². The summed E-state index contributed by atoms with van der Waals surface area (Å²) in [6.45, 7) is 4.47. The number of phenols is 1. The molecule has 2 N–H and O–H groups in total. The van der Waals surface area contributed by atoms with Gasteiger partial charge in [-0.1, -0.05) is 12.1 Å². The van der Waals surface area contributed by atoms with Gasteiger partial charge in [-0.2, -0.15) is 0 Å². The molecule has 0 unspecified atom stereocenters. The molecule has 2 rings (SSSR count). The number of rotatable bonds is 5. The molecule has 1 saturated heterocycles. The number of hydrogen-bond donors (Lipinski definition) is 2. The molecule has 1 heterocycles. The fourth-order valence-electron chi connectivity index (χ4n) is 2.69. The molecule has 19 heavy (non-hydrogen) atoms. The number of hydrogen-bond acceptors (Lipinski definition) is 3. The highest BCUT2D eigenvalue weighted by atomic mass is 35.5. The summed E-state index contributed by atoms with van der Waals surface area (Å²) in [4.78, 5) is 2.49. The Morgan fingerprint density at radius 3 is 2.68 bits per heavy atom. The van der Waals surface area contributed by atoms with Gasteiger partial charge in [0.25, 0.3) is 0 Å². The van der Waals surface area contributed by atoms with Crippen LogP contribution in [0.2, 0.25) is 0 Å². The molecule has 1 aromatic carbocycles. The van der Waals surface area contributed by atoms with Gasteiger partial charge in [0.05, 0.1) is 0 Å². The van der Waals surface area contributed by atoms with Gasteiger partial charge in [-0.3, -0.25) is 4.90 Å². The van der Waals surface area contributed by atoms with Gasteiger partial charge in [-0.05, 0) is 69.6 Å². The van der Waals surface area contributed by atoms with Crippen LogP contribution in [0.15, 0.2) is 24.3 Å². The third kappa shape index (κ3) is 5.39. The number of nitrogens with one attached hydrogen (secondary N) is 1. The number of halogens is 1. The second kappa shape index (κ2) is 8.41. The highest BCUT2D eigenvalue weighted by molar-refractivity contribution is 5.85. The zero-order valence-electron chi connectivity index (χ0n) is 11.6. The second-order valence-corrected chi connectivity index (χ2v) is 5.28. The first kappa shape index (κ1) is 16.3. The molecule has 4 heteroatoms. The number of piperidine rings is 1. The van der Waals surface area contributed by atoms with Crippen molar-refractivity contribution < 1.29 is 5.11 Å². The van der Waals surface area contributed by atoms with Crippen LogP contribution in [0.4, 0.5) is 0 Å². The summed E-state index contributed by atoms with van der Waals surface area (Å²) in [6, 6.07) is 7.61. The maximum Gasteiger partial charge on any atom is 0.115 e. The third-order valence-electron chi connectivity index (χ3n) is 3.83. The summed E-state index contributed by atoms with van der Waals surface area (Å²) in [5, 5.41) is 12.7. The van der Waals surface area contributed by atoms with E-state index in [9.17, 15) is 5.11 Å². The quantitative estimate of drug-likeness (QED) is 0.873. The van der Waals surface area contributed by atoms with Gasteiger partial charge in [0.2, 0.25) is 0 Å². The number of nitrogens with zero attached hydrogens (tertiary/aromatic N) is 1. The topological polar surface area (TPSA) is 35.5 Å². The Labute approximate surface area is 122 Å². The van der Waals surface area contributed by atoms with Gasteiger partial charge in [0.15, 0.2) is 0 Å². The molecule has 0 bridgehead atoms. The Kier molecular flexibility index (Phi) is 7.21. The van der Waals surface area contributed by atoms with Crippen molar-refractivity contribution in [1.29, 1.82) is 0 Å². The first-order valence-electron chi connectivity index (χ1n) is 6.93. The molecule has 3 nitrogen and oxygen atoms in total. The van der Waals surface area contributed by atoms with Crippen LogP contribution in [0.5, 0.6) is 5.75 Å². The molecule has 0 spiro atoms. The minimum Gasteiger partial charge on any atom is -0.508 e. The average Bonchev–Trinajstić information content (AvgIpc) is 2.38. The van der Waals surface area contributed by atoms with Crippen LogP contribution in [-0.4, -0.2) is 36.7 Å². The van der Waals surface area contributed by atoms with Crippen molar-refractivity contribution in [2.45, 2.75) is 25.8 Å². The normalized spacial score (nSPS) is 17.1. The maximum absolute atomic E-state index is 9.46. The summed E-state index contributed by atoms with van der Waals surface area (Å²) in [6.07, 6.45) is 3.91. The van der Waals surface area contributed by atoms with Gasteiger partial charge in [-0.15, -0.1) is 12.4 Å². The number of likely N-dealkylation sites (tertiary alicyclic amines) is 1. The summed E-state index contributed by atoms with van der Waals surface area (Å²) < 4.78 is 0. The Morgan fingerprint density at radius 1 is 1.32 bits per heavy atom. The summed E-state index contributed by atoms with van der Waals surface area (Å²) in [5.74, 6) is 1.26. The molecule has 0 amide bonds. The number of phenolic OH excluding ortho intramolecular Hbond substituents is 1. The Hall–Kier alpha value is -0.770.